The van der Waals surface area contributed by atoms with Gasteiger partial charge in [-0.1, -0.05) is 6.08 Å². The summed E-state index contributed by atoms with van der Waals surface area (Å²) in [6, 6.07) is 1.37. The lowest BCUT2D eigenvalue weighted by Gasteiger charge is -2.07. The lowest BCUT2D eigenvalue weighted by Crippen LogP contribution is -2.29. The highest BCUT2D eigenvalue weighted by atomic mass is 32.2. The molecule has 1 unspecified atom stereocenters. The third-order valence-electron chi connectivity index (χ3n) is 2.84. The van der Waals surface area contributed by atoms with Gasteiger partial charge in [0.05, 0.1) is 19.4 Å². The van der Waals surface area contributed by atoms with Crippen LogP contribution in [0.5, 0.6) is 0 Å². The molecule has 2 heterocycles. The zero-order valence-electron chi connectivity index (χ0n) is 10.7. The normalized spacial score (nSPS) is 20.6. The molecular weight excluding hydrogens is 270 g/mol. The molecule has 1 aromatic heterocycles. The number of sulfone groups is 1. The number of hydrogen-bond donors (Lipinski definition) is 1. The smallest absolute Gasteiger partial charge is 0.341 e. The highest BCUT2D eigenvalue weighted by Crippen LogP contribution is 2.16. The van der Waals surface area contributed by atoms with Crippen molar-refractivity contribution in [2.24, 2.45) is 0 Å². The molecule has 1 N–H and O–H groups in total. The van der Waals surface area contributed by atoms with Gasteiger partial charge in [-0.2, -0.15) is 0 Å². The van der Waals surface area contributed by atoms with Crippen LogP contribution < -0.4 is 5.32 Å². The molecule has 1 aromatic rings. The van der Waals surface area contributed by atoms with Crippen molar-refractivity contribution in [1.82, 2.24) is 5.32 Å². The Balaban J connectivity index is 1.98. The summed E-state index contributed by atoms with van der Waals surface area (Å²) in [7, 11) is -1.76. The minimum Gasteiger partial charge on any atom is -0.465 e. The Kier molecular flexibility index (Phi) is 3.77. The Morgan fingerprint density at radius 2 is 2.32 bits per heavy atom. The number of aryl methyl sites for hydroxylation is 1. The molecule has 7 heteroatoms. The van der Waals surface area contributed by atoms with Crippen molar-refractivity contribution in [2.45, 2.75) is 19.5 Å². The van der Waals surface area contributed by atoms with E-state index >= 15 is 0 Å². The molecule has 0 fully saturated rings. The lowest BCUT2D eigenvalue weighted by atomic mass is 10.2. The van der Waals surface area contributed by atoms with E-state index in [4.69, 9.17) is 4.42 Å². The second-order valence-electron chi connectivity index (χ2n) is 4.32. The van der Waals surface area contributed by atoms with E-state index in [2.05, 4.69) is 10.1 Å². The van der Waals surface area contributed by atoms with Gasteiger partial charge in [-0.3, -0.25) is 0 Å². The third-order valence-corrected chi connectivity index (χ3v) is 4.24. The van der Waals surface area contributed by atoms with Crippen molar-refractivity contribution in [1.29, 1.82) is 0 Å². The molecule has 1 aliphatic rings. The van der Waals surface area contributed by atoms with Crippen LogP contribution in [0.15, 0.2) is 22.0 Å². The van der Waals surface area contributed by atoms with E-state index < -0.39 is 15.8 Å². The third kappa shape index (κ3) is 3.24. The van der Waals surface area contributed by atoms with Crippen molar-refractivity contribution >= 4 is 15.8 Å². The molecular formula is C12H15NO5S. The summed E-state index contributed by atoms with van der Waals surface area (Å²) in [5, 5.41) is 4.25. The van der Waals surface area contributed by atoms with Crippen LogP contribution in [0.4, 0.5) is 0 Å². The monoisotopic (exact) mass is 285 g/mol. The van der Waals surface area contributed by atoms with Crippen LogP contribution in [-0.4, -0.2) is 33.3 Å². The molecule has 19 heavy (non-hydrogen) atoms. The summed E-state index contributed by atoms with van der Waals surface area (Å²) in [6.07, 6.45) is 1.60. The number of hydrogen-bond acceptors (Lipinski definition) is 6. The predicted molar refractivity (Wildman–Crippen MR) is 68.3 cm³/mol. The highest BCUT2D eigenvalue weighted by molar-refractivity contribution is 7.94. The zero-order valence-corrected chi connectivity index (χ0v) is 11.5. The molecule has 0 amide bonds. The number of carbonyl (C=O) groups excluding carboxylic acids is 1. The summed E-state index contributed by atoms with van der Waals surface area (Å²) in [6.45, 7) is 2.03. The molecule has 6 nitrogen and oxygen atoms in total. The quantitative estimate of drug-likeness (QED) is 0.823. The lowest BCUT2D eigenvalue weighted by molar-refractivity contribution is 0.0599. The van der Waals surface area contributed by atoms with Gasteiger partial charge < -0.3 is 14.5 Å². The van der Waals surface area contributed by atoms with Gasteiger partial charge in [-0.25, -0.2) is 13.2 Å². The van der Waals surface area contributed by atoms with Gasteiger partial charge in [-0.15, -0.1) is 0 Å². The van der Waals surface area contributed by atoms with E-state index in [0.717, 1.165) is 0 Å². The molecule has 0 radical (unpaired) electrons. The van der Waals surface area contributed by atoms with Gasteiger partial charge in [0.1, 0.15) is 17.1 Å². The van der Waals surface area contributed by atoms with E-state index in [-0.39, 0.29) is 11.8 Å². The molecule has 104 valence electrons. The Hall–Kier alpha value is -1.60. The number of ether oxygens (including phenoxy) is 1. The van der Waals surface area contributed by atoms with Gasteiger partial charge in [0.25, 0.3) is 0 Å². The van der Waals surface area contributed by atoms with Gasteiger partial charge in [0.15, 0.2) is 9.84 Å². The van der Waals surface area contributed by atoms with E-state index in [9.17, 15) is 13.2 Å². The van der Waals surface area contributed by atoms with Crippen molar-refractivity contribution < 1.29 is 22.4 Å². The maximum Gasteiger partial charge on any atom is 0.341 e. The molecule has 2 rings (SSSR count). The molecule has 0 saturated carbocycles. The Morgan fingerprint density at radius 3 is 2.89 bits per heavy atom. The van der Waals surface area contributed by atoms with Crippen LogP contribution in [0.3, 0.4) is 0 Å². The summed E-state index contributed by atoms with van der Waals surface area (Å²) < 4.78 is 32.5. The van der Waals surface area contributed by atoms with Crippen molar-refractivity contribution in [3.8, 4) is 0 Å². The Morgan fingerprint density at radius 1 is 1.58 bits per heavy atom. The fourth-order valence-corrected chi connectivity index (χ4v) is 3.15. The van der Waals surface area contributed by atoms with Gasteiger partial charge in [0.2, 0.25) is 0 Å². The number of methoxy groups -OCH3 is 1. The van der Waals surface area contributed by atoms with Gasteiger partial charge in [0, 0.05) is 11.4 Å². The second kappa shape index (κ2) is 5.18. The summed E-state index contributed by atoms with van der Waals surface area (Å²) in [5.74, 6) is 0.654. The number of nitrogens with one attached hydrogen (secondary N) is 1. The first-order chi connectivity index (χ1) is 8.91. The number of furan rings is 1. The maximum atomic E-state index is 11.4. The molecule has 0 saturated heterocycles. The maximum absolute atomic E-state index is 11.4. The first-order valence-electron chi connectivity index (χ1n) is 5.73. The summed E-state index contributed by atoms with van der Waals surface area (Å²) in [4.78, 5) is 11.4. The summed E-state index contributed by atoms with van der Waals surface area (Å²) in [5.41, 5.74) is 0.383. The van der Waals surface area contributed by atoms with Gasteiger partial charge >= 0.3 is 5.97 Å². The largest absolute Gasteiger partial charge is 0.465 e. The molecule has 0 aromatic carbocycles. The van der Waals surface area contributed by atoms with Crippen LogP contribution in [0.2, 0.25) is 0 Å². The second-order valence-corrected chi connectivity index (χ2v) is 6.25. The molecule has 1 aliphatic heterocycles. The standard InChI is InChI=1S/C12H15NO5S/c1-8-11(12(14)17-2)5-10(18-8)6-13-9-3-4-19(15,16)7-9/h3-5,9,13H,6-7H2,1-2H3. The summed E-state index contributed by atoms with van der Waals surface area (Å²) >= 11 is 0. The average molecular weight is 285 g/mol. The fraction of sp³-hybridized carbons (Fsp3) is 0.417. The van der Waals surface area contributed by atoms with Crippen LogP contribution in [0, 0.1) is 6.92 Å². The number of rotatable bonds is 4. The van der Waals surface area contributed by atoms with Crippen LogP contribution >= 0.6 is 0 Å². The minimum atomic E-state index is -3.07. The molecule has 0 spiro atoms. The van der Waals surface area contributed by atoms with Crippen LogP contribution in [-0.2, 0) is 21.1 Å². The van der Waals surface area contributed by atoms with E-state index in [1.54, 1.807) is 19.1 Å². The molecule has 0 bridgehead atoms. The van der Waals surface area contributed by atoms with E-state index in [1.807, 2.05) is 0 Å². The number of esters is 1. The predicted octanol–water partition coefficient (Wildman–Crippen LogP) is 0.775. The average Bonchev–Trinajstić information content (AvgIpc) is 2.88. The van der Waals surface area contributed by atoms with E-state index in [1.165, 1.54) is 12.5 Å². The zero-order chi connectivity index (χ0) is 14.0. The van der Waals surface area contributed by atoms with Crippen molar-refractivity contribution in [2.75, 3.05) is 12.9 Å². The van der Waals surface area contributed by atoms with Crippen LogP contribution in [0.1, 0.15) is 21.9 Å². The Bertz CT molecular complexity index is 614. The van der Waals surface area contributed by atoms with Crippen LogP contribution in [0.25, 0.3) is 0 Å². The fourth-order valence-electron chi connectivity index (χ4n) is 1.88. The first kappa shape index (κ1) is 13.8. The Labute approximate surface area is 111 Å². The van der Waals surface area contributed by atoms with Crippen molar-refractivity contribution in [3.63, 3.8) is 0 Å². The minimum absolute atomic E-state index is 0.0521. The highest BCUT2D eigenvalue weighted by Gasteiger charge is 2.22. The van der Waals surface area contributed by atoms with Gasteiger partial charge in [-0.05, 0) is 13.0 Å². The van der Waals surface area contributed by atoms with E-state index in [0.29, 0.717) is 23.6 Å². The van der Waals surface area contributed by atoms with Crippen molar-refractivity contribution in [3.05, 3.63) is 34.6 Å². The molecule has 1 atom stereocenters. The molecule has 0 aliphatic carbocycles. The topological polar surface area (TPSA) is 85.6 Å². The number of carbonyl (C=O) groups is 1. The SMILES string of the molecule is COC(=O)c1cc(CNC2C=CS(=O)(=O)C2)oc1C. The first-order valence-corrected chi connectivity index (χ1v) is 7.45.